The van der Waals surface area contributed by atoms with Crippen LogP contribution in [0.15, 0.2) is 16.5 Å². The molecule has 0 radical (unpaired) electrons. The number of nitrogens with zero attached hydrogens (tertiary/aromatic N) is 1. The first-order valence-corrected chi connectivity index (χ1v) is 6.53. The summed E-state index contributed by atoms with van der Waals surface area (Å²) in [6.45, 7) is 7.91. The fraction of sp³-hybridized carbons (Fsp3) is 0.615. The number of piperazine rings is 1. The molecule has 0 atom stereocenters. The Morgan fingerprint density at radius 1 is 1.42 bits per heavy atom. The molecule has 0 saturated carbocycles. The SMILES string of the molecule is Cc1ccc(C(=O)NCCCN2CCNCC2)o1.Cl. The van der Waals surface area contributed by atoms with E-state index in [0.29, 0.717) is 12.3 Å². The normalized spacial score (nSPS) is 15.8. The standard InChI is InChI=1S/C13H21N3O2.ClH/c1-11-3-4-12(18-11)13(17)15-5-2-8-16-9-6-14-7-10-16;/h3-4,14H,2,5-10H2,1H3,(H,15,17);1H. The zero-order valence-corrected chi connectivity index (χ0v) is 12.1. The molecule has 1 aromatic heterocycles. The first kappa shape index (κ1) is 16.0. The summed E-state index contributed by atoms with van der Waals surface area (Å²) in [4.78, 5) is 14.1. The lowest BCUT2D eigenvalue weighted by molar-refractivity contribution is 0.0922. The van der Waals surface area contributed by atoms with E-state index in [9.17, 15) is 4.79 Å². The van der Waals surface area contributed by atoms with Gasteiger partial charge in [0.05, 0.1) is 0 Å². The van der Waals surface area contributed by atoms with Crippen LogP contribution in [0.4, 0.5) is 0 Å². The van der Waals surface area contributed by atoms with Crippen molar-refractivity contribution in [3.63, 3.8) is 0 Å². The Bertz CT molecular complexity index is 389. The summed E-state index contributed by atoms with van der Waals surface area (Å²) in [7, 11) is 0. The maximum Gasteiger partial charge on any atom is 0.286 e. The second-order valence-corrected chi connectivity index (χ2v) is 4.61. The van der Waals surface area contributed by atoms with Crippen LogP contribution in [0.3, 0.4) is 0 Å². The summed E-state index contributed by atoms with van der Waals surface area (Å²) in [6, 6.07) is 3.51. The molecule has 1 aliphatic rings. The van der Waals surface area contributed by atoms with Crippen LogP contribution in [0.5, 0.6) is 0 Å². The summed E-state index contributed by atoms with van der Waals surface area (Å²) >= 11 is 0. The maximum absolute atomic E-state index is 11.7. The molecule has 1 amide bonds. The zero-order valence-electron chi connectivity index (χ0n) is 11.3. The van der Waals surface area contributed by atoms with Crippen molar-refractivity contribution in [2.45, 2.75) is 13.3 Å². The molecule has 2 rings (SSSR count). The van der Waals surface area contributed by atoms with Crippen LogP contribution in [-0.2, 0) is 0 Å². The van der Waals surface area contributed by atoms with E-state index in [2.05, 4.69) is 15.5 Å². The highest BCUT2D eigenvalue weighted by Gasteiger charge is 2.10. The minimum absolute atomic E-state index is 0. The molecule has 1 saturated heterocycles. The number of halogens is 1. The monoisotopic (exact) mass is 287 g/mol. The lowest BCUT2D eigenvalue weighted by atomic mass is 10.3. The highest BCUT2D eigenvalue weighted by molar-refractivity contribution is 5.91. The van der Waals surface area contributed by atoms with Crippen LogP contribution in [-0.4, -0.2) is 50.1 Å². The molecular formula is C13H22ClN3O2. The topological polar surface area (TPSA) is 57.5 Å². The molecule has 5 nitrogen and oxygen atoms in total. The summed E-state index contributed by atoms with van der Waals surface area (Å²) in [5.74, 6) is 1.04. The van der Waals surface area contributed by atoms with Crippen molar-refractivity contribution in [1.82, 2.24) is 15.5 Å². The van der Waals surface area contributed by atoms with Crippen LogP contribution >= 0.6 is 12.4 Å². The van der Waals surface area contributed by atoms with Crippen LogP contribution < -0.4 is 10.6 Å². The molecule has 2 heterocycles. The number of hydrogen-bond donors (Lipinski definition) is 2. The van der Waals surface area contributed by atoms with Crippen LogP contribution in [0.25, 0.3) is 0 Å². The van der Waals surface area contributed by atoms with Gasteiger partial charge in [-0.3, -0.25) is 4.79 Å². The Hall–Kier alpha value is -1.04. The molecule has 0 unspecified atom stereocenters. The Kier molecular flexibility index (Phi) is 6.91. The molecule has 108 valence electrons. The fourth-order valence-electron chi connectivity index (χ4n) is 2.08. The minimum Gasteiger partial charge on any atom is -0.456 e. The number of rotatable bonds is 5. The van der Waals surface area contributed by atoms with E-state index in [1.54, 1.807) is 12.1 Å². The van der Waals surface area contributed by atoms with Gasteiger partial charge < -0.3 is 20.0 Å². The highest BCUT2D eigenvalue weighted by Crippen LogP contribution is 2.05. The number of nitrogens with one attached hydrogen (secondary N) is 2. The summed E-state index contributed by atoms with van der Waals surface area (Å²) < 4.78 is 5.26. The predicted octanol–water partition coefficient (Wildman–Crippen LogP) is 1.03. The van der Waals surface area contributed by atoms with Crippen molar-refractivity contribution in [2.75, 3.05) is 39.3 Å². The lowest BCUT2D eigenvalue weighted by Gasteiger charge is -2.26. The third-order valence-electron chi connectivity index (χ3n) is 3.11. The number of furan rings is 1. The Balaban J connectivity index is 0.00000180. The third-order valence-corrected chi connectivity index (χ3v) is 3.11. The molecular weight excluding hydrogens is 266 g/mol. The van der Waals surface area contributed by atoms with Gasteiger partial charge in [-0.05, 0) is 32.0 Å². The van der Waals surface area contributed by atoms with Crippen molar-refractivity contribution >= 4 is 18.3 Å². The molecule has 0 bridgehead atoms. The second-order valence-electron chi connectivity index (χ2n) is 4.61. The van der Waals surface area contributed by atoms with E-state index in [1.165, 1.54) is 0 Å². The van der Waals surface area contributed by atoms with E-state index in [1.807, 2.05) is 6.92 Å². The third kappa shape index (κ3) is 5.22. The zero-order chi connectivity index (χ0) is 12.8. The van der Waals surface area contributed by atoms with Gasteiger partial charge in [-0.2, -0.15) is 0 Å². The minimum atomic E-state index is -0.122. The summed E-state index contributed by atoms with van der Waals surface area (Å²) in [5, 5.41) is 6.20. The Morgan fingerprint density at radius 3 is 2.79 bits per heavy atom. The number of amides is 1. The van der Waals surface area contributed by atoms with Gasteiger partial charge in [0, 0.05) is 32.7 Å². The van der Waals surface area contributed by atoms with Gasteiger partial charge in [0.15, 0.2) is 5.76 Å². The van der Waals surface area contributed by atoms with E-state index in [4.69, 9.17) is 4.42 Å². The first-order valence-electron chi connectivity index (χ1n) is 6.53. The van der Waals surface area contributed by atoms with Gasteiger partial charge in [-0.15, -0.1) is 12.4 Å². The van der Waals surface area contributed by atoms with E-state index in [0.717, 1.165) is 44.9 Å². The molecule has 19 heavy (non-hydrogen) atoms. The molecule has 6 heteroatoms. The second kappa shape index (κ2) is 8.19. The molecule has 1 fully saturated rings. The summed E-state index contributed by atoms with van der Waals surface area (Å²) in [5.41, 5.74) is 0. The van der Waals surface area contributed by atoms with Gasteiger partial charge in [0.25, 0.3) is 5.91 Å². The van der Waals surface area contributed by atoms with E-state index < -0.39 is 0 Å². The van der Waals surface area contributed by atoms with Crippen molar-refractivity contribution in [2.24, 2.45) is 0 Å². The first-order chi connectivity index (χ1) is 8.75. The van der Waals surface area contributed by atoms with Gasteiger partial charge in [-0.1, -0.05) is 0 Å². The number of aryl methyl sites for hydroxylation is 1. The number of hydrogen-bond acceptors (Lipinski definition) is 4. The van der Waals surface area contributed by atoms with Crippen molar-refractivity contribution in [3.8, 4) is 0 Å². The lowest BCUT2D eigenvalue weighted by Crippen LogP contribution is -2.44. The molecule has 1 aliphatic heterocycles. The predicted molar refractivity (Wildman–Crippen MR) is 77.0 cm³/mol. The number of carbonyl (C=O) groups excluding carboxylic acids is 1. The van der Waals surface area contributed by atoms with Crippen molar-refractivity contribution in [1.29, 1.82) is 0 Å². The average Bonchev–Trinajstić information content (AvgIpc) is 2.82. The smallest absolute Gasteiger partial charge is 0.286 e. The fourth-order valence-corrected chi connectivity index (χ4v) is 2.08. The highest BCUT2D eigenvalue weighted by atomic mass is 35.5. The molecule has 2 N–H and O–H groups in total. The van der Waals surface area contributed by atoms with Crippen LogP contribution in [0, 0.1) is 6.92 Å². The Labute approximate surface area is 120 Å². The van der Waals surface area contributed by atoms with Gasteiger partial charge in [0.1, 0.15) is 5.76 Å². The number of carbonyl (C=O) groups is 1. The molecule has 0 aliphatic carbocycles. The van der Waals surface area contributed by atoms with Crippen LogP contribution in [0.1, 0.15) is 22.7 Å². The average molecular weight is 288 g/mol. The van der Waals surface area contributed by atoms with Crippen LogP contribution in [0.2, 0.25) is 0 Å². The molecule has 0 aromatic carbocycles. The largest absolute Gasteiger partial charge is 0.456 e. The van der Waals surface area contributed by atoms with Gasteiger partial charge in [-0.25, -0.2) is 0 Å². The maximum atomic E-state index is 11.7. The Morgan fingerprint density at radius 2 is 2.16 bits per heavy atom. The quantitative estimate of drug-likeness (QED) is 0.795. The molecule has 1 aromatic rings. The van der Waals surface area contributed by atoms with Gasteiger partial charge in [0.2, 0.25) is 0 Å². The van der Waals surface area contributed by atoms with Gasteiger partial charge >= 0.3 is 0 Å². The van der Waals surface area contributed by atoms with E-state index >= 15 is 0 Å². The van der Waals surface area contributed by atoms with Crippen molar-refractivity contribution in [3.05, 3.63) is 23.7 Å². The molecule has 0 spiro atoms. The van der Waals surface area contributed by atoms with E-state index in [-0.39, 0.29) is 18.3 Å². The summed E-state index contributed by atoms with van der Waals surface area (Å²) in [6.07, 6.45) is 0.978. The van der Waals surface area contributed by atoms with Crippen molar-refractivity contribution < 1.29 is 9.21 Å².